The Balaban J connectivity index is 1.63. The third-order valence-electron chi connectivity index (χ3n) is 6.95. The molecule has 0 spiro atoms. The van der Waals surface area contributed by atoms with Gasteiger partial charge >= 0.3 is 18.1 Å². The third-order valence-corrected chi connectivity index (χ3v) is 9.61. The Morgan fingerprint density at radius 1 is 1.00 bits per heavy atom. The highest BCUT2D eigenvalue weighted by molar-refractivity contribution is 14.1. The number of fused-ring (bicyclic) bond motifs is 1. The predicted octanol–water partition coefficient (Wildman–Crippen LogP) is 6.96. The van der Waals surface area contributed by atoms with Crippen LogP contribution in [0.5, 0.6) is 5.75 Å². The van der Waals surface area contributed by atoms with Crippen LogP contribution in [-0.4, -0.2) is 35.9 Å². The largest absolute Gasteiger partial charge is 0.487 e. The van der Waals surface area contributed by atoms with Crippen molar-refractivity contribution in [2.75, 3.05) is 13.2 Å². The van der Waals surface area contributed by atoms with Crippen LogP contribution in [0.1, 0.15) is 46.9 Å². The van der Waals surface area contributed by atoms with E-state index < -0.39 is 41.0 Å². The fourth-order valence-corrected chi connectivity index (χ4v) is 8.05. The summed E-state index contributed by atoms with van der Waals surface area (Å²) in [6, 6.07) is 14.7. The second-order valence-electron chi connectivity index (χ2n) is 10.1. The maximum absolute atomic E-state index is 14.4. The molecule has 1 atom stereocenters. The van der Waals surface area contributed by atoms with Crippen LogP contribution in [0, 0.1) is 7.14 Å². The number of carbonyl (C=O) groups excluding carboxylic acids is 2. The smallest absolute Gasteiger partial charge is 0.434 e. The number of hydrogen-bond donors (Lipinski definition) is 0. The van der Waals surface area contributed by atoms with Gasteiger partial charge < -0.3 is 14.2 Å². The van der Waals surface area contributed by atoms with Gasteiger partial charge in [-0.2, -0.15) is 13.2 Å². The zero-order valence-corrected chi connectivity index (χ0v) is 31.0. The van der Waals surface area contributed by atoms with E-state index in [2.05, 4.69) is 50.2 Å². The quantitative estimate of drug-likeness (QED) is 0.133. The van der Waals surface area contributed by atoms with E-state index >= 15 is 0 Å². The topological polar surface area (TPSA) is 96.2 Å². The second kappa shape index (κ2) is 15.1. The van der Waals surface area contributed by atoms with Crippen molar-refractivity contribution in [2.45, 2.75) is 32.7 Å². The number of allylic oxidation sites excluding steroid dienone is 1. The molecule has 15 heteroatoms. The monoisotopic (exact) mass is 922 g/mol. The summed E-state index contributed by atoms with van der Waals surface area (Å²) < 4.78 is 62.3. The van der Waals surface area contributed by atoms with Crippen LogP contribution in [-0.2, 0) is 20.9 Å². The van der Waals surface area contributed by atoms with Gasteiger partial charge in [0.1, 0.15) is 12.4 Å². The summed E-state index contributed by atoms with van der Waals surface area (Å²) in [6.45, 7) is 3.39. The number of carbonyl (C=O) groups is 2. The zero-order valence-electron chi connectivity index (χ0n) is 25.1. The van der Waals surface area contributed by atoms with Gasteiger partial charge in [0.2, 0.25) is 0 Å². The SMILES string of the molecule is CCOC(=O)C1=C(C(F)(F)F)N=c2s/c(=C\c3cc(I)cc(I)c3OCc3ccc(C(=O)OCC)cc3)c(=O)n2[C@H]1c1ccc(Cl)cc1. The van der Waals surface area contributed by atoms with Gasteiger partial charge in [0.25, 0.3) is 5.56 Å². The van der Waals surface area contributed by atoms with Crippen LogP contribution in [0.4, 0.5) is 13.2 Å². The molecule has 8 nitrogen and oxygen atoms in total. The van der Waals surface area contributed by atoms with Gasteiger partial charge in [0.05, 0.1) is 38.5 Å². The molecule has 4 aromatic rings. The number of halogens is 6. The molecule has 0 unspecified atom stereocenters. The van der Waals surface area contributed by atoms with Crippen molar-refractivity contribution in [2.24, 2.45) is 4.99 Å². The van der Waals surface area contributed by atoms with Gasteiger partial charge in [-0.05, 0) is 113 Å². The minimum absolute atomic E-state index is 0.0702. The Labute approximate surface area is 308 Å². The van der Waals surface area contributed by atoms with Crippen molar-refractivity contribution in [3.05, 3.63) is 126 Å². The first-order valence-electron chi connectivity index (χ1n) is 14.3. The molecule has 0 saturated carbocycles. The molecule has 48 heavy (non-hydrogen) atoms. The average Bonchev–Trinajstić information content (AvgIpc) is 3.34. The minimum atomic E-state index is -5.02. The van der Waals surface area contributed by atoms with Crippen molar-refractivity contribution >= 4 is 86.1 Å². The van der Waals surface area contributed by atoms with E-state index in [9.17, 15) is 27.6 Å². The highest BCUT2D eigenvalue weighted by Gasteiger charge is 2.45. The number of rotatable bonds is 9. The second-order valence-corrected chi connectivity index (χ2v) is 14.0. The lowest BCUT2D eigenvalue weighted by molar-refractivity contribution is -0.140. The van der Waals surface area contributed by atoms with E-state index in [-0.39, 0.29) is 34.7 Å². The first-order valence-corrected chi connectivity index (χ1v) is 17.6. The molecule has 1 aliphatic rings. The fraction of sp³-hybridized carbons (Fsp3) is 0.212. The number of ether oxygens (including phenoxy) is 3. The molecule has 5 rings (SSSR count). The van der Waals surface area contributed by atoms with Gasteiger partial charge in [-0.25, -0.2) is 14.6 Å². The summed E-state index contributed by atoms with van der Waals surface area (Å²) in [5, 5.41) is 0.319. The first-order chi connectivity index (χ1) is 22.8. The molecule has 0 radical (unpaired) electrons. The van der Waals surface area contributed by atoms with Crippen molar-refractivity contribution in [3.63, 3.8) is 0 Å². The molecule has 1 aromatic heterocycles. The number of hydrogen-bond acceptors (Lipinski definition) is 8. The summed E-state index contributed by atoms with van der Waals surface area (Å²) in [7, 11) is 0. The molecule has 0 aliphatic carbocycles. The summed E-state index contributed by atoms with van der Waals surface area (Å²) in [4.78, 5) is 42.7. The molecule has 250 valence electrons. The summed E-state index contributed by atoms with van der Waals surface area (Å²) in [5.41, 5.74) is -1.01. The van der Waals surface area contributed by atoms with Crippen LogP contribution >= 0.6 is 68.1 Å². The fourth-order valence-electron chi connectivity index (χ4n) is 4.89. The minimum Gasteiger partial charge on any atom is -0.487 e. The van der Waals surface area contributed by atoms with E-state index in [4.69, 9.17) is 25.8 Å². The molecule has 0 amide bonds. The molecule has 0 saturated heterocycles. The molecular formula is C33H24ClF3I2N2O6S. The molecule has 3 aromatic carbocycles. The summed E-state index contributed by atoms with van der Waals surface area (Å²) in [6.07, 6.45) is -3.49. The Hall–Kier alpha value is -3.22. The first kappa shape index (κ1) is 36.1. The molecule has 0 bridgehead atoms. The predicted molar refractivity (Wildman–Crippen MR) is 191 cm³/mol. The van der Waals surface area contributed by atoms with Gasteiger partial charge in [0, 0.05) is 14.2 Å². The molecule has 0 N–H and O–H groups in total. The van der Waals surface area contributed by atoms with Gasteiger partial charge in [-0.3, -0.25) is 9.36 Å². The number of thiazole rings is 1. The van der Waals surface area contributed by atoms with E-state index in [0.717, 1.165) is 28.6 Å². The van der Waals surface area contributed by atoms with Crippen LogP contribution in [0.3, 0.4) is 0 Å². The van der Waals surface area contributed by atoms with Crippen molar-refractivity contribution in [1.82, 2.24) is 4.57 Å². The molecule has 2 heterocycles. The van der Waals surface area contributed by atoms with E-state index in [1.165, 1.54) is 37.3 Å². The lowest BCUT2D eigenvalue weighted by Gasteiger charge is -2.26. The summed E-state index contributed by atoms with van der Waals surface area (Å²) in [5.74, 6) is -1.23. The maximum atomic E-state index is 14.4. The van der Waals surface area contributed by atoms with E-state index in [1.54, 1.807) is 37.3 Å². The van der Waals surface area contributed by atoms with Gasteiger partial charge in [-0.15, -0.1) is 0 Å². The van der Waals surface area contributed by atoms with E-state index in [0.29, 0.717) is 21.9 Å². The van der Waals surface area contributed by atoms with E-state index in [1.807, 2.05) is 6.07 Å². The number of alkyl halides is 3. The van der Waals surface area contributed by atoms with Crippen molar-refractivity contribution in [1.29, 1.82) is 0 Å². The van der Waals surface area contributed by atoms with Crippen LogP contribution in [0.15, 0.2) is 81.7 Å². The Morgan fingerprint density at radius 3 is 2.27 bits per heavy atom. The van der Waals surface area contributed by atoms with Gasteiger partial charge in [-0.1, -0.05) is 47.2 Å². The maximum Gasteiger partial charge on any atom is 0.434 e. The number of esters is 2. The number of aromatic nitrogens is 1. The standard InChI is InChI=1S/C33H24ClF3I2N2O6S/c1-3-45-30(43)19-7-5-17(6-8-19)16-47-27-20(13-22(38)15-23(27)39)14-24-29(42)41-26(18-9-11-21(34)12-10-18)25(31(44)46-4-2)28(33(35,36)37)40-32(41)48-24/h5-15,26H,3-4,16H2,1-2H3/b24-14-/t26-/m0/s1. The lowest BCUT2D eigenvalue weighted by atomic mass is 9.95. The lowest BCUT2D eigenvalue weighted by Crippen LogP contribution is -2.41. The third kappa shape index (κ3) is 7.81. The normalized spacial score (nSPS) is 14.8. The Morgan fingerprint density at radius 2 is 1.65 bits per heavy atom. The van der Waals surface area contributed by atoms with Crippen LogP contribution in [0.2, 0.25) is 5.02 Å². The highest BCUT2D eigenvalue weighted by atomic mass is 127. The molecule has 0 fully saturated rings. The number of benzene rings is 3. The highest BCUT2D eigenvalue weighted by Crippen LogP contribution is 2.38. The summed E-state index contributed by atoms with van der Waals surface area (Å²) >= 11 is 11.0. The van der Waals surface area contributed by atoms with Crippen LogP contribution < -0.4 is 19.6 Å². The number of nitrogens with zero attached hydrogens (tertiary/aromatic N) is 2. The average molecular weight is 923 g/mol. The van der Waals surface area contributed by atoms with Crippen LogP contribution in [0.25, 0.3) is 6.08 Å². The molecule has 1 aliphatic heterocycles. The van der Waals surface area contributed by atoms with Crippen molar-refractivity contribution < 1.29 is 37.0 Å². The van der Waals surface area contributed by atoms with Gasteiger partial charge in [0.15, 0.2) is 10.5 Å². The zero-order chi connectivity index (χ0) is 34.7. The molecular weight excluding hydrogens is 899 g/mol. The Kier molecular flexibility index (Phi) is 11.4. The Bertz CT molecular complexity index is 2100. The van der Waals surface area contributed by atoms with Crippen molar-refractivity contribution in [3.8, 4) is 5.75 Å².